The van der Waals surface area contributed by atoms with Crippen LogP contribution in [0.3, 0.4) is 0 Å². The molecule has 2 heteroatoms. The van der Waals surface area contributed by atoms with Crippen LogP contribution in [0.4, 0.5) is 0 Å². The quantitative estimate of drug-likeness (QED) is 0.887. The molecule has 0 amide bonds. The van der Waals surface area contributed by atoms with Crippen molar-refractivity contribution in [2.24, 2.45) is 5.73 Å². The highest BCUT2D eigenvalue weighted by Crippen LogP contribution is 2.31. The van der Waals surface area contributed by atoms with E-state index in [4.69, 9.17) is 5.73 Å². The Morgan fingerprint density at radius 1 is 1.06 bits per heavy atom. The van der Waals surface area contributed by atoms with Crippen LogP contribution in [0.25, 0.3) is 0 Å². The Balaban J connectivity index is 2.25. The molecule has 1 aromatic carbocycles. The van der Waals surface area contributed by atoms with E-state index >= 15 is 0 Å². The van der Waals surface area contributed by atoms with Crippen molar-refractivity contribution in [2.45, 2.75) is 32.2 Å². The molecule has 0 saturated carbocycles. The van der Waals surface area contributed by atoms with Crippen LogP contribution in [-0.4, -0.2) is 4.98 Å². The fourth-order valence-corrected chi connectivity index (χ4v) is 2.31. The molecule has 0 saturated heterocycles. The van der Waals surface area contributed by atoms with Gasteiger partial charge in [0.15, 0.2) is 0 Å². The van der Waals surface area contributed by atoms with E-state index in [9.17, 15) is 0 Å². The van der Waals surface area contributed by atoms with Gasteiger partial charge in [0.25, 0.3) is 0 Å². The first-order valence-corrected chi connectivity index (χ1v) is 6.45. The Bertz CT molecular complexity index is 476. The van der Waals surface area contributed by atoms with Gasteiger partial charge in [-0.15, -0.1) is 0 Å². The van der Waals surface area contributed by atoms with Gasteiger partial charge in [0.05, 0.1) is 0 Å². The molecular weight excluding hydrogens is 220 g/mol. The molecule has 2 rings (SSSR count). The van der Waals surface area contributed by atoms with Gasteiger partial charge >= 0.3 is 0 Å². The maximum absolute atomic E-state index is 6.39. The van der Waals surface area contributed by atoms with Crippen molar-refractivity contribution >= 4 is 0 Å². The van der Waals surface area contributed by atoms with Crippen molar-refractivity contribution in [3.8, 4) is 0 Å². The van der Waals surface area contributed by atoms with Gasteiger partial charge in [0.1, 0.15) is 0 Å². The highest BCUT2D eigenvalue weighted by Gasteiger charge is 2.19. The molecule has 1 aromatic heterocycles. The first-order chi connectivity index (χ1) is 8.72. The maximum Gasteiger partial charge on any atom is 0.0379 e. The van der Waals surface area contributed by atoms with Gasteiger partial charge in [-0.1, -0.05) is 43.3 Å². The van der Waals surface area contributed by atoms with Crippen LogP contribution < -0.4 is 5.73 Å². The molecule has 0 aliphatic carbocycles. The summed E-state index contributed by atoms with van der Waals surface area (Å²) in [6.45, 7) is 4.17. The second-order valence-electron chi connectivity index (χ2n) is 4.68. The minimum Gasteiger partial charge on any atom is -0.323 e. The van der Waals surface area contributed by atoms with Crippen molar-refractivity contribution < 1.29 is 0 Å². The summed E-state index contributed by atoms with van der Waals surface area (Å²) in [7, 11) is 0. The van der Waals surface area contributed by atoms with Gasteiger partial charge in [-0.2, -0.15) is 0 Å². The summed E-state index contributed by atoms with van der Waals surface area (Å²) >= 11 is 0. The van der Waals surface area contributed by atoms with Crippen LogP contribution in [0, 0.1) is 6.92 Å². The van der Waals surface area contributed by atoms with E-state index in [1.807, 2.05) is 25.3 Å². The first kappa shape index (κ1) is 12.8. The molecule has 0 aliphatic rings. The molecule has 2 nitrogen and oxygen atoms in total. The number of pyridine rings is 1. The van der Waals surface area contributed by atoms with Crippen LogP contribution >= 0.6 is 0 Å². The van der Waals surface area contributed by atoms with Crippen LogP contribution in [0.1, 0.15) is 42.1 Å². The van der Waals surface area contributed by atoms with Gasteiger partial charge < -0.3 is 5.73 Å². The minimum absolute atomic E-state index is 0.00509. The number of aromatic nitrogens is 1. The molecule has 2 aromatic rings. The van der Waals surface area contributed by atoms with Crippen LogP contribution in [0.15, 0.2) is 48.7 Å². The molecule has 0 radical (unpaired) electrons. The Hall–Kier alpha value is -1.67. The zero-order valence-electron chi connectivity index (χ0n) is 11.0. The number of rotatable bonds is 4. The van der Waals surface area contributed by atoms with Crippen molar-refractivity contribution in [1.82, 2.24) is 4.98 Å². The number of nitrogens with zero attached hydrogens (tertiary/aromatic N) is 1. The van der Waals surface area contributed by atoms with E-state index < -0.39 is 0 Å². The lowest BCUT2D eigenvalue weighted by Crippen LogP contribution is -2.19. The lowest BCUT2D eigenvalue weighted by Gasteiger charge is -2.23. The van der Waals surface area contributed by atoms with Gasteiger partial charge in [-0.3, -0.25) is 4.98 Å². The lowest BCUT2D eigenvalue weighted by atomic mass is 9.86. The molecule has 2 unspecified atom stereocenters. The predicted molar refractivity (Wildman–Crippen MR) is 75.4 cm³/mol. The molecule has 1 heterocycles. The Kier molecular flexibility index (Phi) is 4.11. The van der Waals surface area contributed by atoms with Gasteiger partial charge in [0.2, 0.25) is 0 Å². The molecule has 0 fully saturated rings. The summed E-state index contributed by atoms with van der Waals surface area (Å²) in [6, 6.07) is 14.6. The van der Waals surface area contributed by atoms with E-state index in [0.717, 1.165) is 17.7 Å². The molecule has 94 valence electrons. The van der Waals surface area contributed by atoms with Crippen LogP contribution in [0.5, 0.6) is 0 Å². The highest BCUT2D eigenvalue weighted by molar-refractivity contribution is 5.26. The second-order valence-corrected chi connectivity index (χ2v) is 4.68. The monoisotopic (exact) mass is 240 g/mol. The largest absolute Gasteiger partial charge is 0.323 e. The average molecular weight is 240 g/mol. The number of hydrogen-bond acceptors (Lipinski definition) is 2. The number of nitrogens with two attached hydrogens (primary N) is 1. The van der Waals surface area contributed by atoms with E-state index in [0.29, 0.717) is 5.92 Å². The summed E-state index contributed by atoms with van der Waals surface area (Å²) in [5, 5.41) is 0. The number of aryl methyl sites for hydroxylation is 1. The standard InChI is InChI=1S/C16H20N2/c1-3-15(13-7-5-4-6-8-13)16(17)14-10-9-12(2)18-11-14/h4-11,15-16H,3,17H2,1-2H3. The van der Waals surface area contributed by atoms with Crippen LogP contribution in [-0.2, 0) is 0 Å². The normalized spacial score (nSPS) is 14.2. The van der Waals surface area contributed by atoms with Crippen LogP contribution in [0.2, 0.25) is 0 Å². The molecule has 18 heavy (non-hydrogen) atoms. The minimum atomic E-state index is 0.00509. The van der Waals surface area contributed by atoms with E-state index in [1.165, 1.54) is 5.56 Å². The fourth-order valence-electron chi connectivity index (χ4n) is 2.31. The van der Waals surface area contributed by atoms with Crippen molar-refractivity contribution in [1.29, 1.82) is 0 Å². The predicted octanol–water partition coefficient (Wildman–Crippen LogP) is 3.58. The lowest BCUT2D eigenvalue weighted by molar-refractivity contribution is 0.538. The first-order valence-electron chi connectivity index (χ1n) is 6.45. The number of benzene rings is 1. The molecule has 0 aliphatic heterocycles. The number of hydrogen-bond donors (Lipinski definition) is 1. The van der Waals surface area contributed by atoms with E-state index in [-0.39, 0.29) is 6.04 Å². The molecule has 2 atom stereocenters. The van der Waals surface area contributed by atoms with E-state index in [2.05, 4.69) is 42.2 Å². The Morgan fingerprint density at radius 2 is 1.78 bits per heavy atom. The molecule has 2 N–H and O–H groups in total. The summed E-state index contributed by atoms with van der Waals surface area (Å²) in [6.07, 6.45) is 2.92. The zero-order valence-corrected chi connectivity index (χ0v) is 11.0. The summed E-state index contributed by atoms with van der Waals surface area (Å²) in [5.74, 6) is 0.343. The van der Waals surface area contributed by atoms with Crippen molar-refractivity contribution in [2.75, 3.05) is 0 Å². The smallest absolute Gasteiger partial charge is 0.0379 e. The Labute approximate surface area is 109 Å². The molecule has 0 bridgehead atoms. The second kappa shape index (κ2) is 5.78. The van der Waals surface area contributed by atoms with Gasteiger partial charge in [-0.25, -0.2) is 0 Å². The molecule has 0 spiro atoms. The van der Waals surface area contributed by atoms with E-state index in [1.54, 1.807) is 0 Å². The zero-order chi connectivity index (χ0) is 13.0. The third-order valence-corrected chi connectivity index (χ3v) is 3.42. The van der Waals surface area contributed by atoms with Crippen molar-refractivity contribution in [3.63, 3.8) is 0 Å². The fraction of sp³-hybridized carbons (Fsp3) is 0.312. The SMILES string of the molecule is CCC(c1ccccc1)C(N)c1ccc(C)nc1. The third kappa shape index (κ3) is 2.77. The van der Waals surface area contributed by atoms with Crippen molar-refractivity contribution in [3.05, 3.63) is 65.5 Å². The summed E-state index contributed by atoms with van der Waals surface area (Å²) in [5.41, 5.74) is 9.83. The summed E-state index contributed by atoms with van der Waals surface area (Å²) < 4.78 is 0. The topological polar surface area (TPSA) is 38.9 Å². The Morgan fingerprint density at radius 3 is 2.33 bits per heavy atom. The summed E-state index contributed by atoms with van der Waals surface area (Å²) in [4.78, 5) is 4.33. The van der Waals surface area contributed by atoms with Gasteiger partial charge in [-0.05, 0) is 30.5 Å². The molecular formula is C16H20N2. The van der Waals surface area contributed by atoms with Gasteiger partial charge in [0, 0.05) is 23.9 Å². The highest BCUT2D eigenvalue weighted by atomic mass is 14.7. The average Bonchev–Trinajstić information content (AvgIpc) is 2.41. The third-order valence-electron chi connectivity index (χ3n) is 3.42. The maximum atomic E-state index is 6.39.